The van der Waals surface area contributed by atoms with Crippen molar-refractivity contribution in [3.8, 4) is 0 Å². The van der Waals surface area contributed by atoms with Gasteiger partial charge in [0.2, 0.25) is 11.7 Å². The number of fused-ring (bicyclic) bond motifs is 1. The molecule has 0 aromatic heterocycles. The number of halogens is 1. The van der Waals surface area contributed by atoms with Gasteiger partial charge in [-0.05, 0) is 23.8 Å². The Labute approximate surface area is 190 Å². The van der Waals surface area contributed by atoms with Crippen LogP contribution in [0.1, 0.15) is 21.5 Å². The van der Waals surface area contributed by atoms with E-state index in [1.54, 1.807) is 48.5 Å². The molecule has 1 aliphatic carbocycles. The number of rotatable bonds is 6. The first-order valence-electron chi connectivity index (χ1n) is 10.0. The second-order valence-corrected chi connectivity index (χ2v) is 7.68. The molecule has 4 rings (SSSR count). The van der Waals surface area contributed by atoms with Crippen LogP contribution in [0.3, 0.4) is 0 Å². The number of anilines is 1. The Morgan fingerprint density at radius 1 is 0.938 bits per heavy atom. The summed E-state index contributed by atoms with van der Waals surface area (Å²) < 4.78 is 0. The van der Waals surface area contributed by atoms with E-state index in [9.17, 15) is 14.8 Å². The van der Waals surface area contributed by atoms with E-state index < -0.39 is 6.04 Å². The lowest BCUT2D eigenvalue weighted by molar-refractivity contribution is -0.117. The molecule has 3 N–H and O–H groups in total. The normalized spacial score (nSPS) is 15.0. The minimum Gasteiger partial charge on any atom is -0.410 e. The van der Waals surface area contributed by atoms with Gasteiger partial charge in [0.25, 0.3) is 0 Å². The summed E-state index contributed by atoms with van der Waals surface area (Å²) in [6.07, 6.45) is 1.78. The summed E-state index contributed by atoms with van der Waals surface area (Å²) in [5, 5.41) is 19.1. The number of ketones is 1. The smallest absolute Gasteiger partial charge is 0.247 e. The van der Waals surface area contributed by atoms with Gasteiger partial charge < -0.3 is 15.8 Å². The molecule has 1 atom stereocenters. The molecule has 0 fully saturated rings. The van der Waals surface area contributed by atoms with E-state index in [1.165, 1.54) is 6.08 Å². The van der Waals surface area contributed by atoms with Crippen LogP contribution in [-0.4, -0.2) is 28.7 Å². The average Bonchev–Trinajstić information content (AvgIpc) is 2.82. The van der Waals surface area contributed by atoms with Crippen LogP contribution in [0.4, 0.5) is 5.69 Å². The highest BCUT2D eigenvalue weighted by Gasteiger charge is 2.28. The number of allylic oxidation sites excluding steroid dienone is 2. The van der Waals surface area contributed by atoms with Crippen molar-refractivity contribution >= 4 is 34.7 Å². The molecule has 0 saturated heterocycles. The zero-order valence-electron chi connectivity index (χ0n) is 17.0. The van der Waals surface area contributed by atoms with E-state index in [-0.39, 0.29) is 23.1 Å². The van der Waals surface area contributed by atoms with Crippen LogP contribution in [0.2, 0.25) is 5.02 Å². The minimum absolute atomic E-state index is 0.173. The van der Waals surface area contributed by atoms with Gasteiger partial charge in [-0.3, -0.25) is 9.59 Å². The monoisotopic (exact) mass is 445 g/mol. The first-order valence-corrected chi connectivity index (χ1v) is 10.4. The van der Waals surface area contributed by atoms with Crippen LogP contribution in [0.25, 0.3) is 0 Å². The number of hydrogen-bond acceptors (Lipinski definition) is 5. The lowest BCUT2D eigenvalue weighted by atomic mass is 9.91. The van der Waals surface area contributed by atoms with Gasteiger partial charge in [-0.25, -0.2) is 0 Å². The van der Waals surface area contributed by atoms with Gasteiger partial charge in [-0.15, -0.1) is 0 Å². The molecule has 3 aromatic carbocycles. The third kappa shape index (κ3) is 4.55. The highest BCUT2D eigenvalue weighted by molar-refractivity contribution is 6.33. The Balaban J connectivity index is 1.64. The van der Waals surface area contributed by atoms with Crippen molar-refractivity contribution in [2.75, 3.05) is 5.32 Å². The molecule has 32 heavy (non-hydrogen) atoms. The van der Waals surface area contributed by atoms with E-state index in [4.69, 9.17) is 11.6 Å². The molecule has 7 heteroatoms. The van der Waals surface area contributed by atoms with Crippen molar-refractivity contribution in [1.29, 1.82) is 0 Å². The van der Waals surface area contributed by atoms with E-state index in [1.807, 2.05) is 30.3 Å². The second-order valence-electron chi connectivity index (χ2n) is 7.27. The topological polar surface area (TPSA) is 90.8 Å². The van der Waals surface area contributed by atoms with E-state index in [0.29, 0.717) is 28.3 Å². The zero-order valence-corrected chi connectivity index (χ0v) is 17.7. The summed E-state index contributed by atoms with van der Waals surface area (Å²) in [5.74, 6) is -0.631. The number of carbonyl (C=O) groups is 2. The molecule has 6 nitrogen and oxygen atoms in total. The van der Waals surface area contributed by atoms with Gasteiger partial charge in [0.05, 0.1) is 16.4 Å². The van der Waals surface area contributed by atoms with Crippen molar-refractivity contribution in [2.24, 2.45) is 5.16 Å². The number of carbonyl (C=O) groups excluding carboxylic acids is 2. The van der Waals surface area contributed by atoms with Gasteiger partial charge in [0, 0.05) is 17.5 Å². The number of amides is 1. The fourth-order valence-electron chi connectivity index (χ4n) is 3.55. The van der Waals surface area contributed by atoms with Gasteiger partial charge in [-0.1, -0.05) is 83.5 Å². The van der Waals surface area contributed by atoms with Crippen LogP contribution in [0.15, 0.2) is 95.8 Å². The van der Waals surface area contributed by atoms with Crippen LogP contribution < -0.4 is 10.6 Å². The summed E-state index contributed by atoms with van der Waals surface area (Å²) >= 11 is 6.20. The molecule has 0 spiro atoms. The summed E-state index contributed by atoms with van der Waals surface area (Å²) in [7, 11) is 0. The average molecular weight is 446 g/mol. The van der Waals surface area contributed by atoms with Crippen molar-refractivity contribution in [3.63, 3.8) is 0 Å². The summed E-state index contributed by atoms with van der Waals surface area (Å²) in [6.45, 7) is 0. The third-order valence-electron chi connectivity index (χ3n) is 5.14. The predicted octanol–water partition coefficient (Wildman–Crippen LogP) is 4.44. The van der Waals surface area contributed by atoms with Gasteiger partial charge >= 0.3 is 0 Å². The fourth-order valence-corrected chi connectivity index (χ4v) is 3.73. The molecule has 0 radical (unpaired) electrons. The van der Waals surface area contributed by atoms with Crippen molar-refractivity contribution < 1.29 is 14.8 Å². The summed E-state index contributed by atoms with van der Waals surface area (Å²) in [5.41, 5.74) is 2.74. The van der Waals surface area contributed by atoms with E-state index in [2.05, 4.69) is 15.8 Å². The number of Topliss-reactive ketones (excluding diaryl/α,β-unsaturated/α-hetero) is 1. The molecular formula is C25H20ClN3O3. The molecule has 0 unspecified atom stereocenters. The molecule has 1 aliphatic rings. The second kappa shape index (κ2) is 9.49. The Kier molecular flexibility index (Phi) is 6.33. The Hall–Kier alpha value is -3.90. The maximum Gasteiger partial charge on any atom is 0.247 e. The maximum atomic E-state index is 13.2. The maximum absolute atomic E-state index is 13.2. The van der Waals surface area contributed by atoms with Crippen molar-refractivity contribution in [2.45, 2.75) is 12.5 Å². The number of nitrogens with one attached hydrogen (secondary N) is 2. The number of hydrogen-bond donors (Lipinski definition) is 3. The first kappa shape index (κ1) is 21.3. The van der Waals surface area contributed by atoms with Gasteiger partial charge in [0.1, 0.15) is 11.8 Å². The molecular weight excluding hydrogens is 426 g/mol. The number of benzene rings is 3. The Morgan fingerprint density at radius 2 is 1.59 bits per heavy atom. The quantitative estimate of drug-likeness (QED) is 0.386. The lowest BCUT2D eigenvalue weighted by Gasteiger charge is -2.24. The van der Waals surface area contributed by atoms with Crippen LogP contribution in [0.5, 0.6) is 0 Å². The number of para-hydroxylation sites is 1. The molecule has 0 bridgehead atoms. The summed E-state index contributed by atoms with van der Waals surface area (Å²) in [4.78, 5) is 26.3. The highest BCUT2D eigenvalue weighted by atomic mass is 35.5. The van der Waals surface area contributed by atoms with Crippen LogP contribution in [0, 0.1) is 0 Å². The Bertz CT molecular complexity index is 1220. The Morgan fingerprint density at radius 3 is 2.31 bits per heavy atom. The fraction of sp³-hybridized carbons (Fsp3) is 0.0800. The molecule has 1 amide bonds. The van der Waals surface area contributed by atoms with Crippen molar-refractivity contribution in [1.82, 2.24) is 5.32 Å². The molecule has 3 aromatic rings. The highest BCUT2D eigenvalue weighted by Crippen LogP contribution is 2.23. The zero-order chi connectivity index (χ0) is 22.5. The number of oxime groups is 1. The van der Waals surface area contributed by atoms with Gasteiger partial charge in [0.15, 0.2) is 0 Å². The molecule has 0 heterocycles. The summed E-state index contributed by atoms with van der Waals surface area (Å²) in [6, 6.07) is 22.5. The van der Waals surface area contributed by atoms with Crippen LogP contribution >= 0.6 is 11.6 Å². The predicted molar refractivity (Wildman–Crippen MR) is 124 cm³/mol. The lowest BCUT2D eigenvalue weighted by Crippen LogP contribution is -2.44. The SMILES string of the molecule is O=C1C(N[C@H](Cc2ccccc2)C(=O)Nc2ccccc2Cl)=C/C(=N/O)c2ccccc21. The minimum atomic E-state index is -0.783. The largest absolute Gasteiger partial charge is 0.410 e. The van der Waals surface area contributed by atoms with Crippen molar-refractivity contribution in [3.05, 3.63) is 112 Å². The molecule has 0 saturated carbocycles. The first-order chi connectivity index (χ1) is 15.6. The van der Waals surface area contributed by atoms with E-state index in [0.717, 1.165) is 5.56 Å². The standard InChI is InChI=1S/C25H20ClN3O3/c26-19-12-6-7-13-20(19)28-25(31)23(14-16-8-2-1-3-9-16)27-22-15-21(29-32)17-10-4-5-11-18(17)24(22)30/h1-13,15,23,27,32H,14H2,(H,28,31)/b29-21-/t23-/m1/s1. The molecule has 0 aliphatic heterocycles. The van der Waals surface area contributed by atoms with E-state index >= 15 is 0 Å². The van der Waals surface area contributed by atoms with Crippen LogP contribution in [-0.2, 0) is 11.2 Å². The molecule has 160 valence electrons. The third-order valence-corrected chi connectivity index (χ3v) is 5.47. The number of nitrogens with zero attached hydrogens (tertiary/aromatic N) is 1. The van der Waals surface area contributed by atoms with Gasteiger partial charge in [-0.2, -0.15) is 0 Å².